The van der Waals surface area contributed by atoms with Gasteiger partial charge in [0.25, 0.3) is 0 Å². The van der Waals surface area contributed by atoms with Gasteiger partial charge in [-0.3, -0.25) is 0 Å². The third-order valence-corrected chi connectivity index (χ3v) is 4.33. The van der Waals surface area contributed by atoms with Crippen LogP contribution in [-0.2, 0) is 16.8 Å². The Morgan fingerprint density at radius 3 is 2.20 bits per heavy atom. The molecule has 0 aromatic heterocycles. The van der Waals surface area contributed by atoms with E-state index in [2.05, 4.69) is 38.1 Å². The van der Waals surface area contributed by atoms with Gasteiger partial charge in [-0.1, -0.05) is 56.3 Å². The van der Waals surface area contributed by atoms with E-state index in [-0.39, 0.29) is 16.8 Å². The van der Waals surface area contributed by atoms with Gasteiger partial charge < -0.3 is 4.74 Å². The summed E-state index contributed by atoms with van der Waals surface area (Å²) in [5.41, 5.74) is 2.05. The third kappa shape index (κ3) is 2.25. The average molecular weight is 270 g/mol. The molecule has 0 amide bonds. The molecule has 1 aliphatic heterocycles. The molecule has 1 heterocycles. The molecule has 3 rings (SSSR count). The standard InChI is InChI=1S/C18H19FO/c1-17(2,12-14-6-4-3-5-7-14)18(13-20-18)15-8-10-16(19)11-9-15/h3-11H,12-13H2,1-2H3. The summed E-state index contributed by atoms with van der Waals surface area (Å²) in [5, 5.41) is 0. The molecule has 1 atom stereocenters. The van der Waals surface area contributed by atoms with E-state index in [1.165, 1.54) is 17.7 Å². The van der Waals surface area contributed by atoms with E-state index in [0.29, 0.717) is 6.61 Å². The fraction of sp³-hybridized carbons (Fsp3) is 0.333. The lowest BCUT2D eigenvalue weighted by Crippen LogP contribution is -2.33. The first kappa shape index (κ1) is 13.3. The van der Waals surface area contributed by atoms with Crippen molar-refractivity contribution in [3.8, 4) is 0 Å². The molecule has 0 radical (unpaired) electrons. The van der Waals surface area contributed by atoms with Crippen LogP contribution in [0.25, 0.3) is 0 Å². The van der Waals surface area contributed by atoms with Crippen molar-refractivity contribution in [2.75, 3.05) is 6.61 Å². The van der Waals surface area contributed by atoms with Gasteiger partial charge in [0.2, 0.25) is 0 Å². The van der Waals surface area contributed by atoms with Crippen LogP contribution >= 0.6 is 0 Å². The summed E-state index contributed by atoms with van der Waals surface area (Å²) in [6, 6.07) is 17.1. The van der Waals surface area contributed by atoms with Gasteiger partial charge in [-0.05, 0) is 29.7 Å². The highest BCUT2D eigenvalue weighted by Crippen LogP contribution is 2.54. The Morgan fingerprint density at radius 1 is 1.05 bits per heavy atom. The molecule has 20 heavy (non-hydrogen) atoms. The summed E-state index contributed by atoms with van der Waals surface area (Å²) >= 11 is 0. The largest absolute Gasteiger partial charge is 0.364 e. The van der Waals surface area contributed by atoms with Gasteiger partial charge in [-0.15, -0.1) is 0 Å². The van der Waals surface area contributed by atoms with Crippen LogP contribution in [0.1, 0.15) is 25.0 Å². The number of epoxide rings is 1. The number of hydrogen-bond donors (Lipinski definition) is 0. The molecule has 2 aromatic rings. The molecule has 1 saturated heterocycles. The van der Waals surface area contributed by atoms with Crippen LogP contribution < -0.4 is 0 Å². The van der Waals surface area contributed by atoms with E-state index >= 15 is 0 Å². The second-order valence-electron chi connectivity index (χ2n) is 6.17. The number of rotatable bonds is 4. The summed E-state index contributed by atoms with van der Waals surface area (Å²) in [5.74, 6) is -0.203. The summed E-state index contributed by atoms with van der Waals surface area (Å²) in [6.45, 7) is 5.14. The molecule has 2 heteroatoms. The zero-order chi connectivity index (χ0) is 14.2. The van der Waals surface area contributed by atoms with Crippen molar-refractivity contribution < 1.29 is 9.13 Å². The van der Waals surface area contributed by atoms with E-state index in [1.807, 2.05) is 18.2 Å². The minimum absolute atomic E-state index is 0.0355. The van der Waals surface area contributed by atoms with E-state index < -0.39 is 0 Å². The molecule has 0 aliphatic carbocycles. The Morgan fingerprint density at radius 2 is 1.65 bits per heavy atom. The van der Waals surface area contributed by atoms with Crippen LogP contribution in [0, 0.1) is 11.2 Å². The van der Waals surface area contributed by atoms with Gasteiger partial charge in [0.15, 0.2) is 0 Å². The Bertz CT molecular complexity index is 583. The quantitative estimate of drug-likeness (QED) is 0.754. The smallest absolute Gasteiger partial charge is 0.123 e. The SMILES string of the molecule is CC(C)(Cc1ccccc1)C1(c2ccc(F)cc2)CO1. The van der Waals surface area contributed by atoms with Gasteiger partial charge >= 0.3 is 0 Å². The maximum atomic E-state index is 13.1. The zero-order valence-corrected chi connectivity index (χ0v) is 11.9. The third-order valence-electron chi connectivity index (χ3n) is 4.33. The van der Waals surface area contributed by atoms with Crippen molar-refractivity contribution in [1.82, 2.24) is 0 Å². The summed E-state index contributed by atoms with van der Waals surface area (Å²) < 4.78 is 18.9. The minimum Gasteiger partial charge on any atom is -0.364 e. The van der Waals surface area contributed by atoms with E-state index in [1.54, 1.807) is 0 Å². The van der Waals surface area contributed by atoms with Gasteiger partial charge in [0.1, 0.15) is 11.4 Å². The van der Waals surface area contributed by atoms with Crippen molar-refractivity contribution >= 4 is 0 Å². The molecule has 104 valence electrons. The number of halogens is 1. The van der Waals surface area contributed by atoms with Crippen molar-refractivity contribution in [3.05, 3.63) is 71.5 Å². The lowest BCUT2D eigenvalue weighted by atomic mass is 9.71. The van der Waals surface area contributed by atoms with Gasteiger partial charge in [0, 0.05) is 5.41 Å². The fourth-order valence-electron chi connectivity index (χ4n) is 2.99. The lowest BCUT2D eigenvalue weighted by molar-refractivity contribution is 0.136. The zero-order valence-electron chi connectivity index (χ0n) is 11.9. The Kier molecular flexibility index (Phi) is 3.14. The summed E-state index contributed by atoms with van der Waals surface area (Å²) in [4.78, 5) is 0. The predicted octanol–water partition coefficient (Wildman–Crippen LogP) is 4.32. The molecule has 0 N–H and O–H groups in total. The first-order valence-corrected chi connectivity index (χ1v) is 6.97. The molecule has 0 bridgehead atoms. The van der Waals surface area contributed by atoms with Gasteiger partial charge in [-0.2, -0.15) is 0 Å². The number of hydrogen-bond acceptors (Lipinski definition) is 1. The molecule has 1 aliphatic rings. The lowest BCUT2D eigenvalue weighted by Gasteiger charge is -2.32. The number of ether oxygens (including phenoxy) is 1. The topological polar surface area (TPSA) is 12.5 Å². The Balaban J connectivity index is 1.88. The molecular formula is C18H19FO. The Hall–Kier alpha value is -1.67. The normalized spacial score (nSPS) is 21.8. The van der Waals surface area contributed by atoms with Crippen LogP contribution in [-0.4, -0.2) is 6.61 Å². The molecule has 2 aromatic carbocycles. The number of benzene rings is 2. The van der Waals surface area contributed by atoms with Crippen LogP contribution in [0.4, 0.5) is 4.39 Å². The van der Waals surface area contributed by atoms with Crippen LogP contribution in [0.15, 0.2) is 54.6 Å². The van der Waals surface area contributed by atoms with Crippen LogP contribution in [0.2, 0.25) is 0 Å². The van der Waals surface area contributed by atoms with Crippen molar-refractivity contribution in [3.63, 3.8) is 0 Å². The highest BCUT2D eigenvalue weighted by atomic mass is 19.1. The molecule has 1 nitrogen and oxygen atoms in total. The minimum atomic E-state index is -0.281. The van der Waals surface area contributed by atoms with Crippen LogP contribution in [0.5, 0.6) is 0 Å². The molecule has 1 fully saturated rings. The van der Waals surface area contributed by atoms with Gasteiger partial charge in [-0.25, -0.2) is 4.39 Å². The van der Waals surface area contributed by atoms with Crippen LogP contribution in [0.3, 0.4) is 0 Å². The fourth-order valence-corrected chi connectivity index (χ4v) is 2.99. The van der Waals surface area contributed by atoms with Gasteiger partial charge in [0.05, 0.1) is 6.61 Å². The van der Waals surface area contributed by atoms with E-state index in [0.717, 1.165) is 12.0 Å². The maximum absolute atomic E-state index is 13.1. The summed E-state index contributed by atoms with van der Waals surface area (Å²) in [6.07, 6.45) is 0.936. The highest BCUT2D eigenvalue weighted by Gasteiger charge is 2.57. The monoisotopic (exact) mass is 270 g/mol. The first-order valence-electron chi connectivity index (χ1n) is 6.97. The predicted molar refractivity (Wildman–Crippen MR) is 78.0 cm³/mol. The maximum Gasteiger partial charge on any atom is 0.123 e. The molecule has 1 unspecified atom stereocenters. The molecular weight excluding hydrogens is 251 g/mol. The average Bonchev–Trinajstić information content (AvgIpc) is 3.22. The second-order valence-corrected chi connectivity index (χ2v) is 6.17. The first-order chi connectivity index (χ1) is 9.53. The second kappa shape index (κ2) is 4.71. The summed E-state index contributed by atoms with van der Waals surface area (Å²) in [7, 11) is 0. The van der Waals surface area contributed by atoms with E-state index in [9.17, 15) is 4.39 Å². The highest BCUT2D eigenvalue weighted by molar-refractivity contribution is 5.31. The molecule has 0 spiro atoms. The molecule has 0 saturated carbocycles. The van der Waals surface area contributed by atoms with Crippen molar-refractivity contribution in [2.45, 2.75) is 25.9 Å². The Labute approximate surface area is 119 Å². The van der Waals surface area contributed by atoms with Crippen molar-refractivity contribution in [1.29, 1.82) is 0 Å². The van der Waals surface area contributed by atoms with E-state index in [4.69, 9.17) is 4.74 Å². The van der Waals surface area contributed by atoms with Crippen molar-refractivity contribution in [2.24, 2.45) is 5.41 Å².